The van der Waals surface area contributed by atoms with Crippen LogP contribution >= 0.6 is 0 Å². The van der Waals surface area contributed by atoms with Crippen molar-refractivity contribution in [3.05, 3.63) is 23.5 Å². The third kappa shape index (κ3) is 5.13. The molecule has 1 aromatic heterocycles. The number of hydrogen-bond acceptors (Lipinski definition) is 3. The highest BCUT2D eigenvalue weighted by Gasteiger charge is 2.19. The number of rotatable bonds is 9. The normalized spacial score (nSPS) is 18.5. The summed E-state index contributed by atoms with van der Waals surface area (Å²) in [6, 6.07) is 0.540. The molecule has 1 aliphatic carbocycles. The topological polar surface area (TPSA) is 35.4 Å². The van der Waals surface area contributed by atoms with Crippen LogP contribution in [0.4, 0.5) is 0 Å². The molecule has 1 aliphatic rings. The van der Waals surface area contributed by atoms with Gasteiger partial charge < -0.3 is 19.4 Å². The third-order valence-electron chi connectivity index (χ3n) is 4.13. The van der Waals surface area contributed by atoms with Crippen LogP contribution in [0.25, 0.3) is 0 Å². The average Bonchev–Trinajstić information content (AvgIpc) is 2.80. The van der Waals surface area contributed by atoms with Crippen LogP contribution in [-0.4, -0.2) is 38.0 Å². The van der Waals surface area contributed by atoms with Gasteiger partial charge in [0.1, 0.15) is 0 Å². The molecule has 0 amide bonds. The van der Waals surface area contributed by atoms with Crippen molar-refractivity contribution in [2.75, 3.05) is 33.5 Å². The lowest BCUT2D eigenvalue weighted by atomic mass is 10.0. The lowest BCUT2D eigenvalue weighted by Crippen LogP contribution is -2.21. The van der Waals surface area contributed by atoms with Gasteiger partial charge in [-0.05, 0) is 43.4 Å². The van der Waals surface area contributed by atoms with Gasteiger partial charge in [0.15, 0.2) is 0 Å². The van der Waals surface area contributed by atoms with Crippen LogP contribution < -0.4 is 5.32 Å². The predicted octanol–water partition coefficient (Wildman–Crippen LogP) is 2.92. The van der Waals surface area contributed by atoms with E-state index in [4.69, 9.17) is 9.47 Å². The first-order valence-corrected chi connectivity index (χ1v) is 8.33. The zero-order valence-corrected chi connectivity index (χ0v) is 13.6. The number of aryl methyl sites for hydroxylation is 1. The molecule has 1 N–H and O–H groups in total. The van der Waals surface area contributed by atoms with Crippen LogP contribution in [0.15, 0.2) is 12.4 Å². The summed E-state index contributed by atoms with van der Waals surface area (Å²) in [7, 11) is 1.70. The lowest BCUT2D eigenvalue weighted by Gasteiger charge is -2.16. The number of ether oxygens (including phenoxy) is 2. The van der Waals surface area contributed by atoms with Gasteiger partial charge in [-0.25, -0.2) is 0 Å². The molecule has 4 heteroatoms. The van der Waals surface area contributed by atoms with E-state index >= 15 is 0 Å². The minimum absolute atomic E-state index is 0.540. The first-order valence-electron chi connectivity index (χ1n) is 8.33. The van der Waals surface area contributed by atoms with Crippen molar-refractivity contribution in [3.63, 3.8) is 0 Å². The fraction of sp³-hybridized carbons (Fsp3) is 0.765. The van der Waals surface area contributed by atoms with Gasteiger partial charge in [0.05, 0.1) is 19.8 Å². The molecule has 1 unspecified atom stereocenters. The van der Waals surface area contributed by atoms with Gasteiger partial charge in [-0.2, -0.15) is 0 Å². The van der Waals surface area contributed by atoms with E-state index in [1.807, 2.05) is 0 Å². The van der Waals surface area contributed by atoms with Gasteiger partial charge in [0.25, 0.3) is 0 Å². The highest BCUT2D eigenvalue weighted by molar-refractivity contribution is 5.29. The van der Waals surface area contributed by atoms with E-state index < -0.39 is 0 Å². The number of fused-ring (bicyclic) bond motifs is 1. The van der Waals surface area contributed by atoms with E-state index in [0.717, 1.165) is 19.7 Å². The fourth-order valence-corrected chi connectivity index (χ4v) is 2.99. The minimum atomic E-state index is 0.540. The second-order valence-electron chi connectivity index (χ2n) is 5.83. The summed E-state index contributed by atoms with van der Waals surface area (Å²) in [5.74, 6) is 0. The first kappa shape index (κ1) is 16.5. The smallest absolute Gasteiger partial charge is 0.0701 e. The fourth-order valence-electron chi connectivity index (χ4n) is 2.99. The second kappa shape index (κ2) is 9.23. The summed E-state index contributed by atoms with van der Waals surface area (Å²) < 4.78 is 12.8. The SMILES string of the molecule is CCCNC1CCCCc2cn(CCOCCOC)cc21. The summed E-state index contributed by atoms with van der Waals surface area (Å²) in [5.41, 5.74) is 3.04. The van der Waals surface area contributed by atoms with Crippen molar-refractivity contribution in [2.45, 2.75) is 51.6 Å². The largest absolute Gasteiger partial charge is 0.382 e. The molecule has 2 rings (SSSR count). The standard InChI is InChI=1S/C17H30N2O2/c1-3-8-18-17-7-5-4-6-15-13-19(14-16(15)17)9-10-21-12-11-20-2/h13-14,17-18H,3-12H2,1-2H3. The highest BCUT2D eigenvalue weighted by atomic mass is 16.5. The van der Waals surface area contributed by atoms with Gasteiger partial charge in [-0.15, -0.1) is 0 Å². The molecule has 1 atom stereocenters. The molecule has 0 aromatic carbocycles. The third-order valence-corrected chi connectivity index (χ3v) is 4.13. The van der Waals surface area contributed by atoms with Crippen molar-refractivity contribution in [1.82, 2.24) is 9.88 Å². The summed E-state index contributed by atoms with van der Waals surface area (Å²) >= 11 is 0. The van der Waals surface area contributed by atoms with Crippen LogP contribution in [-0.2, 0) is 22.4 Å². The molecule has 0 radical (unpaired) electrons. The van der Waals surface area contributed by atoms with Crippen LogP contribution in [0.5, 0.6) is 0 Å². The zero-order chi connectivity index (χ0) is 14.9. The minimum Gasteiger partial charge on any atom is -0.382 e. The molecule has 1 heterocycles. The molecule has 4 nitrogen and oxygen atoms in total. The van der Waals surface area contributed by atoms with Crippen molar-refractivity contribution >= 4 is 0 Å². The number of nitrogens with zero attached hydrogens (tertiary/aromatic N) is 1. The Hall–Kier alpha value is -0.840. The Morgan fingerprint density at radius 2 is 2.14 bits per heavy atom. The van der Waals surface area contributed by atoms with Crippen molar-refractivity contribution < 1.29 is 9.47 Å². The number of hydrogen-bond donors (Lipinski definition) is 1. The molecular formula is C17H30N2O2. The second-order valence-corrected chi connectivity index (χ2v) is 5.83. The van der Waals surface area contributed by atoms with Crippen molar-refractivity contribution in [3.8, 4) is 0 Å². The molecule has 21 heavy (non-hydrogen) atoms. The molecule has 120 valence electrons. The zero-order valence-electron chi connectivity index (χ0n) is 13.6. The Morgan fingerprint density at radius 3 is 2.95 bits per heavy atom. The maximum absolute atomic E-state index is 5.56. The molecule has 0 bridgehead atoms. The van der Waals surface area contributed by atoms with Crippen LogP contribution in [0.3, 0.4) is 0 Å². The predicted molar refractivity (Wildman–Crippen MR) is 85.7 cm³/mol. The molecule has 0 saturated carbocycles. The number of methoxy groups -OCH3 is 1. The van der Waals surface area contributed by atoms with Crippen molar-refractivity contribution in [2.24, 2.45) is 0 Å². The van der Waals surface area contributed by atoms with Gasteiger partial charge in [0, 0.05) is 32.1 Å². The van der Waals surface area contributed by atoms with Crippen molar-refractivity contribution in [1.29, 1.82) is 0 Å². The Labute approximate surface area is 128 Å². The summed E-state index contributed by atoms with van der Waals surface area (Å²) in [4.78, 5) is 0. The molecular weight excluding hydrogens is 264 g/mol. The van der Waals surface area contributed by atoms with E-state index in [0.29, 0.717) is 19.3 Å². The van der Waals surface area contributed by atoms with Crippen LogP contribution in [0.1, 0.15) is 49.8 Å². The summed E-state index contributed by atoms with van der Waals surface area (Å²) in [6.07, 6.45) is 11.0. The van der Waals surface area contributed by atoms with Gasteiger partial charge in [0.2, 0.25) is 0 Å². The quantitative estimate of drug-likeness (QED) is 0.562. The molecule has 0 spiro atoms. The summed E-state index contributed by atoms with van der Waals surface area (Å²) in [5, 5.41) is 3.70. The molecule has 1 aromatic rings. The van der Waals surface area contributed by atoms with E-state index in [1.54, 1.807) is 7.11 Å². The molecule has 0 fully saturated rings. The molecule has 0 saturated heterocycles. The Kier molecular flexibility index (Phi) is 7.27. The van der Waals surface area contributed by atoms with Crippen LogP contribution in [0.2, 0.25) is 0 Å². The number of aromatic nitrogens is 1. The maximum atomic E-state index is 5.56. The van der Waals surface area contributed by atoms with Crippen LogP contribution in [0, 0.1) is 0 Å². The van der Waals surface area contributed by atoms with E-state index in [1.165, 1.54) is 43.2 Å². The Morgan fingerprint density at radius 1 is 1.24 bits per heavy atom. The van der Waals surface area contributed by atoms with E-state index in [-0.39, 0.29) is 0 Å². The Bertz CT molecular complexity index is 403. The highest BCUT2D eigenvalue weighted by Crippen LogP contribution is 2.29. The van der Waals surface area contributed by atoms with Gasteiger partial charge in [-0.1, -0.05) is 13.3 Å². The van der Waals surface area contributed by atoms with E-state index in [9.17, 15) is 0 Å². The summed E-state index contributed by atoms with van der Waals surface area (Å²) in [6.45, 7) is 6.37. The van der Waals surface area contributed by atoms with Gasteiger partial charge >= 0.3 is 0 Å². The molecule has 0 aliphatic heterocycles. The maximum Gasteiger partial charge on any atom is 0.0701 e. The van der Waals surface area contributed by atoms with Gasteiger partial charge in [-0.3, -0.25) is 0 Å². The lowest BCUT2D eigenvalue weighted by molar-refractivity contribution is 0.0666. The number of nitrogens with one attached hydrogen (secondary N) is 1. The Balaban J connectivity index is 1.90. The first-order chi connectivity index (χ1) is 10.3. The monoisotopic (exact) mass is 294 g/mol. The van der Waals surface area contributed by atoms with E-state index in [2.05, 4.69) is 29.2 Å². The average molecular weight is 294 g/mol.